The highest BCUT2D eigenvalue weighted by Gasteiger charge is 2.21. The molecule has 138 valence electrons. The Labute approximate surface area is 149 Å². The first-order valence-electron chi connectivity index (χ1n) is 7.76. The van der Waals surface area contributed by atoms with E-state index < -0.39 is 18.7 Å². The predicted molar refractivity (Wildman–Crippen MR) is 90.0 cm³/mol. The maximum absolute atomic E-state index is 12.3. The Morgan fingerprint density at radius 3 is 2.15 bits per heavy atom. The summed E-state index contributed by atoms with van der Waals surface area (Å²) in [5, 5.41) is 0. The Hall–Kier alpha value is -2.96. The molecule has 0 N–H and O–H groups in total. The van der Waals surface area contributed by atoms with E-state index >= 15 is 0 Å². The highest BCUT2D eigenvalue weighted by Crippen LogP contribution is 2.29. The summed E-state index contributed by atoms with van der Waals surface area (Å²) in [6.07, 6.45) is -1.01. The molecule has 1 atom stereocenters. The smallest absolute Gasteiger partial charge is 0.387 e. The van der Waals surface area contributed by atoms with Gasteiger partial charge in [-0.15, -0.1) is 0 Å². The van der Waals surface area contributed by atoms with Crippen LogP contribution in [0.2, 0.25) is 0 Å². The Bertz CT molecular complexity index is 787. The second-order valence-electron chi connectivity index (χ2n) is 5.52. The maximum atomic E-state index is 12.3. The highest BCUT2D eigenvalue weighted by atomic mass is 19.3. The lowest BCUT2D eigenvalue weighted by atomic mass is 10.1. The number of alkyl halides is 2. The van der Waals surface area contributed by atoms with Crippen molar-refractivity contribution in [2.75, 3.05) is 7.11 Å². The summed E-state index contributed by atoms with van der Waals surface area (Å²) in [5.41, 5.74) is 1.48. The van der Waals surface area contributed by atoms with Gasteiger partial charge in [-0.3, -0.25) is 4.79 Å². The minimum Gasteiger partial charge on any atom is -0.493 e. The number of hydrogen-bond donors (Lipinski definition) is 0. The highest BCUT2D eigenvalue weighted by molar-refractivity contribution is 6.01. The number of carbonyl (C=O) groups excluding carboxylic acids is 2. The normalized spacial score (nSPS) is 11.8. The number of esters is 1. The average Bonchev–Trinajstić information content (AvgIpc) is 2.61. The van der Waals surface area contributed by atoms with Crippen LogP contribution >= 0.6 is 0 Å². The lowest BCUT2D eigenvalue weighted by Gasteiger charge is -2.14. The zero-order valence-corrected chi connectivity index (χ0v) is 14.5. The third kappa shape index (κ3) is 4.78. The number of halogens is 2. The van der Waals surface area contributed by atoms with Gasteiger partial charge in [-0.2, -0.15) is 8.78 Å². The summed E-state index contributed by atoms with van der Waals surface area (Å²) in [5.74, 6) is -1.37. The molecule has 0 aliphatic heterocycles. The van der Waals surface area contributed by atoms with Crippen LogP contribution in [-0.4, -0.2) is 31.6 Å². The van der Waals surface area contributed by atoms with Crippen molar-refractivity contribution in [3.05, 3.63) is 59.2 Å². The molecule has 0 saturated carbocycles. The second kappa shape index (κ2) is 8.42. The van der Waals surface area contributed by atoms with Crippen molar-refractivity contribution in [2.24, 2.45) is 0 Å². The summed E-state index contributed by atoms with van der Waals surface area (Å²) in [6, 6.07) is 10.5. The van der Waals surface area contributed by atoms with E-state index in [-0.39, 0.29) is 22.8 Å². The lowest BCUT2D eigenvalue weighted by Crippen LogP contribution is -2.24. The van der Waals surface area contributed by atoms with Crippen LogP contribution in [0.5, 0.6) is 11.5 Å². The maximum Gasteiger partial charge on any atom is 0.387 e. The Morgan fingerprint density at radius 1 is 0.962 bits per heavy atom. The van der Waals surface area contributed by atoms with E-state index in [1.54, 1.807) is 24.3 Å². The Balaban J connectivity index is 2.11. The summed E-state index contributed by atoms with van der Waals surface area (Å²) in [6.45, 7) is 0.340. The number of ketones is 1. The molecule has 26 heavy (non-hydrogen) atoms. The van der Waals surface area contributed by atoms with Crippen LogP contribution < -0.4 is 9.47 Å². The molecule has 1 unspecified atom stereocenters. The van der Waals surface area contributed by atoms with Gasteiger partial charge < -0.3 is 14.2 Å². The SMILES string of the molecule is COc1cc(C(=O)OC(C)C(=O)c2ccc(C)cc2)ccc1OC(F)F. The van der Waals surface area contributed by atoms with Gasteiger partial charge in [-0.25, -0.2) is 4.79 Å². The molecule has 5 nitrogen and oxygen atoms in total. The molecule has 0 saturated heterocycles. The Morgan fingerprint density at radius 2 is 1.58 bits per heavy atom. The van der Waals surface area contributed by atoms with Crippen LogP contribution in [0.4, 0.5) is 8.78 Å². The predicted octanol–water partition coefficient (Wildman–Crippen LogP) is 4.03. The van der Waals surface area contributed by atoms with Gasteiger partial charge in [0, 0.05) is 5.56 Å². The average molecular weight is 364 g/mol. The van der Waals surface area contributed by atoms with Crippen LogP contribution in [0, 0.1) is 6.92 Å². The molecule has 0 aliphatic rings. The summed E-state index contributed by atoms with van der Waals surface area (Å²) >= 11 is 0. The number of carbonyl (C=O) groups is 2. The van der Waals surface area contributed by atoms with Crippen molar-refractivity contribution >= 4 is 11.8 Å². The van der Waals surface area contributed by atoms with Crippen molar-refractivity contribution in [1.29, 1.82) is 0 Å². The molecule has 2 aromatic rings. The van der Waals surface area contributed by atoms with Crippen LogP contribution in [0.15, 0.2) is 42.5 Å². The first kappa shape index (κ1) is 19.4. The number of hydrogen-bond acceptors (Lipinski definition) is 5. The lowest BCUT2D eigenvalue weighted by molar-refractivity contribution is -0.0512. The fourth-order valence-corrected chi connectivity index (χ4v) is 2.22. The molecule has 0 fully saturated rings. The third-order valence-electron chi connectivity index (χ3n) is 3.60. The van der Waals surface area contributed by atoms with Crippen molar-refractivity contribution < 1.29 is 32.6 Å². The molecule has 0 heterocycles. The summed E-state index contributed by atoms with van der Waals surface area (Å²) in [7, 11) is 1.26. The molecular weight excluding hydrogens is 346 g/mol. The minimum absolute atomic E-state index is 0.0442. The summed E-state index contributed by atoms with van der Waals surface area (Å²) in [4.78, 5) is 24.5. The number of aryl methyl sites for hydroxylation is 1. The first-order chi connectivity index (χ1) is 12.3. The first-order valence-corrected chi connectivity index (χ1v) is 7.76. The molecule has 0 radical (unpaired) electrons. The second-order valence-corrected chi connectivity index (χ2v) is 5.52. The number of benzene rings is 2. The van der Waals surface area contributed by atoms with E-state index in [1.165, 1.54) is 32.2 Å². The van der Waals surface area contributed by atoms with Crippen molar-refractivity contribution in [1.82, 2.24) is 0 Å². The van der Waals surface area contributed by atoms with Gasteiger partial charge in [-0.05, 0) is 32.0 Å². The number of rotatable bonds is 7. The molecule has 0 spiro atoms. The fourth-order valence-electron chi connectivity index (χ4n) is 2.22. The zero-order valence-electron chi connectivity index (χ0n) is 14.5. The number of methoxy groups -OCH3 is 1. The van der Waals surface area contributed by atoms with Crippen LogP contribution in [0.3, 0.4) is 0 Å². The standard InChI is InChI=1S/C19H18F2O5/c1-11-4-6-13(7-5-11)17(22)12(2)25-18(23)14-8-9-15(26-19(20)21)16(10-14)24-3/h4-10,12,19H,1-3H3. The minimum atomic E-state index is -3.02. The van der Waals surface area contributed by atoms with Gasteiger partial charge in [0.2, 0.25) is 5.78 Å². The van der Waals surface area contributed by atoms with E-state index in [0.717, 1.165) is 5.56 Å². The van der Waals surface area contributed by atoms with Crippen LogP contribution in [-0.2, 0) is 4.74 Å². The molecule has 0 bridgehead atoms. The van der Waals surface area contributed by atoms with Gasteiger partial charge in [0.05, 0.1) is 12.7 Å². The van der Waals surface area contributed by atoms with Gasteiger partial charge >= 0.3 is 12.6 Å². The van der Waals surface area contributed by atoms with E-state index in [4.69, 9.17) is 9.47 Å². The zero-order chi connectivity index (χ0) is 19.3. The third-order valence-corrected chi connectivity index (χ3v) is 3.60. The van der Waals surface area contributed by atoms with Crippen molar-refractivity contribution in [3.8, 4) is 11.5 Å². The topological polar surface area (TPSA) is 61.8 Å². The van der Waals surface area contributed by atoms with E-state index in [0.29, 0.717) is 5.56 Å². The van der Waals surface area contributed by atoms with E-state index in [9.17, 15) is 18.4 Å². The molecule has 2 rings (SSSR count). The molecule has 2 aromatic carbocycles. The van der Waals surface area contributed by atoms with Gasteiger partial charge in [0.15, 0.2) is 17.6 Å². The van der Waals surface area contributed by atoms with Crippen molar-refractivity contribution in [2.45, 2.75) is 26.6 Å². The quantitative estimate of drug-likeness (QED) is 0.548. The molecular formula is C19H18F2O5. The number of ether oxygens (including phenoxy) is 3. The van der Waals surface area contributed by atoms with Crippen LogP contribution in [0.1, 0.15) is 33.2 Å². The number of Topliss-reactive ketones (excluding diaryl/α,β-unsaturated/α-hetero) is 1. The molecule has 0 aliphatic carbocycles. The molecule has 0 aromatic heterocycles. The largest absolute Gasteiger partial charge is 0.493 e. The van der Waals surface area contributed by atoms with E-state index in [2.05, 4.69) is 4.74 Å². The van der Waals surface area contributed by atoms with Gasteiger partial charge in [-0.1, -0.05) is 29.8 Å². The van der Waals surface area contributed by atoms with Crippen molar-refractivity contribution in [3.63, 3.8) is 0 Å². The Kier molecular flexibility index (Phi) is 6.27. The fraction of sp³-hybridized carbons (Fsp3) is 0.263. The van der Waals surface area contributed by atoms with Crippen LogP contribution in [0.25, 0.3) is 0 Å². The summed E-state index contributed by atoms with van der Waals surface area (Å²) < 4.78 is 39.1. The van der Waals surface area contributed by atoms with Gasteiger partial charge in [0.1, 0.15) is 0 Å². The monoisotopic (exact) mass is 364 g/mol. The van der Waals surface area contributed by atoms with E-state index in [1.807, 2.05) is 6.92 Å². The molecule has 0 amide bonds. The van der Waals surface area contributed by atoms with Gasteiger partial charge in [0.25, 0.3) is 0 Å². The molecule has 7 heteroatoms.